The van der Waals surface area contributed by atoms with Crippen LogP contribution in [0.25, 0.3) is 0 Å². The molecule has 0 aliphatic carbocycles. The molecule has 0 unspecified atom stereocenters. The van der Waals surface area contributed by atoms with Gasteiger partial charge in [0.15, 0.2) is 0 Å². The van der Waals surface area contributed by atoms with E-state index in [1.54, 1.807) is 13.3 Å². The minimum atomic E-state index is 0.536. The lowest BCUT2D eigenvalue weighted by molar-refractivity contribution is 0.143. The second-order valence-electron chi connectivity index (χ2n) is 3.63. The van der Waals surface area contributed by atoms with E-state index in [0.717, 1.165) is 25.5 Å². The standard InChI is InChI=1S/C11H18N4O/c1-14-7-5-13-11(14)10-15(6-3-4-12)8-9-16-2/h5,7H,3,6,8-10H2,1-2H3. The summed E-state index contributed by atoms with van der Waals surface area (Å²) in [7, 11) is 3.66. The van der Waals surface area contributed by atoms with Crippen LogP contribution in [-0.2, 0) is 18.3 Å². The number of methoxy groups -OCH3 is 1. The zero-order valence-corrected chi connectivity index (χ0v) is 9.89. The largest absolute Gasteiger partial charge is 0.383 e. The molecule has 0 fully saturated rings. The number of rotatable bonds is 7. The Morgan fingerprint density at radius 1 is 1.56 bits per heavy atom. The second kappa shape index (κ2) is 6.99. The molecule has 1 aromatic heterocycles. The third-order valence-electron chi connectivity index (χ3n) is 2.44. The van der Waals surface area contributed by atoms with Gasteiger partial charge in [-0.15, -0.1) is 0 Å². The van der Waals surface area contributed by atoms with Crippen molar-refractivity contribution in [3.8, 4) is 6.07 Å². The van der Waals surface area contributed by atoms with E-state index < -0.39 is 0 Å². The predicted molar refractivity (Wildman–Crippen MR) is 60.6 cm³/mol. The van der Waals surface area contributed by atoms with Crippen LogP contribution in [0.15, 0.2) is 12.4 Å². The Morgan fingerprint density at radius 3 is 2.94 bits per heavy atom. The van der Waals surface area contributed by atoms with E-state index in [1.165, 1.54) is 0 Å². The summed E-state index contributed by atoms with van der Waals surface area (Å²) < 4.78 is 7.04. The lowest BCUT2D eigenvalue weighted by Crippen LogP contribution is -2.29. The molecular formula is C11H18N4O. The van der Waals surface area contributed by atoms with Crippen LogP contribution in [0.5, 0.6) is 0 Å². The van der Waals surface area contributed by atoms with Gasteiger partial charge in [0.1, 0.15) is 5.82 Å². The number of hydrogen-bond acceptors (Lipinski definition) is 4. The van der Waals surface area contributed by atoms with E-state index in [-0.39, 0.29) is 0 Å². The van der Waals surface area contributed by atoms with Gasteiger partial charge in [-0.25, -0.2) is 4.98 Å². The molecule has 0 saturated carbocycles. The molecule has 0 N–H and O–H groups in total. The van der Waals surface area contributed by atoms with Crippen molar-refractivity contribution in [1.29, 1.82) is 5.26 Å². The first-order valence-electron chi connectivity index (χ1n) is 5.32. The van der Waals surface area contributed by atoms with Gasteiger partial charge in [-0.05, 0) is 0 Å². The molecule has 88 valence electrons. The number of imidazole rings is 1. The van der Waals surface area contributed by atoms with Gasteiger partial charge in [-0.1, -0.05) is 0 Å². The molecule has 1 rings (SSSR count). The maximum Gasteiger partial charge on any atom is 0.122 e. The van der Waals surface area contributed by atoms with Crippen LogP contribution in [-0.4, -0.2) is 41.3 Å². The molecule has 0 spiro atoms. The second-order valence-corrected chi connectivity index (χ2v) is 3.63. The Labute approximate surface area is 96.3 Å². The van der Waals surface area contributed by atoms with E-state index >= 15 is 0 Å². The number of nitriles is 1. The van der Waals surface area contributed by atoms with Gasteiger partial charge in [-0.3, -0.25) is 4.90 Å². The van der Waals surface area contributed by atoms with Gasteiger partial charge in [-0.2, -0.15) is 5.26 Å². The zero-order chi connectivity index (χ0) is 11.8. The molecular weight excluding hydrogens is 204 g/mol. The topological polar surface area (TPSA) is 54.1 Å². The predicted octanol–water partition coefficient (Wildman–Crippen LogP) is 0.782. The monoisotopic (exact) mass is 222 g/mol. The first-order chi connectivity index (χ1) is 7.77. The normalized spacial score (nSPS) is 10.6. The van der Waals surface area contributed by atoms with Gasteiger partial charge in [0.05, 0.1) is 19.2 Å². The third kappa shape index (κ3) is 4.01. The third-order valence-corrected chi connectivity index (χ3v) is 2.44. The Hall–Kier alpha value is -1.38. The van der Waals surface area contributed by atoms with Crippen molar-refractivity contribution in [2.75, 3.05) is 26.8 Å². The fourth-order valence-corrected chi connectivity index (χ4v) is 1.45. The summed E-state index contributed by atoms with van der Waals surface area (Å²) in [6.45, 7) is 3.02. The first-order valence-corrected chi connectivity index (χ1v) is 5.32. The van der Waals surface area contributed by atoms with E-state index in [9.17, 15) is 0 Å². The van der Waals surface area contributed by atoms with Crippen LogP contribution in [0.1, 0.15) is 12.2 Å². The quantitative estimate of drug-likeness (QED) is 0.684. The first kappa shape index (κ1) is 12.7. The van der Waals surface area contributed by atoms with E-state index in [1.807, 2.05) is 17.8 Å². The minimum Gasteiger partial charge on any atom is -0.383 e. The van der Waals surface area contributed by atoms with Crippen LogP contribution < -0.4 is 0 Å². The molecule has 5 heteroatoms. The number of aryl methyl sites for hydroxylation is 1. The Balaban J connectivity index is 2.49. The fraction of sp³-hybridized carbons (Fsp3) is 0.636. The maximum atomic E-state index is 8.59. The molecule has 0 aliphatic heterocycles. The van der Waals surface area contributed by atoms with Gasteiger partial charge in [0, 0.05) is 46.1 Å². The summed E-state index contributed by atoms with van der Waals surface area (Å²) in [6.07, 6.45) is 4.25. The molecule has 0 bridgehead atoms. The number of hydrogen-bond donors (Lipinski definition) is 0. The summed E-state index contributed by atoms with van der Waals surface area (Å²) in [4.78, 5) is 6.44. The van der Waals surface area contributed by atoms with Crippen molar-refractivity contribution in [2.24, 2.45) is 7.05 Å². The SMILES string of the molecule is COCCN(CCC#N)Cc1nccn1C. The number of ether oxygens (including phenoxy) is 1. The van der Waals surface area contributed by atoms with Crippen LogP contribution in [0, 0.1) is 11.3 Å². The average molecular weight is 222 g/mol. The minimum absolute atomic E-state index is 0.536. The van der Waals surface area contributed by atoms with Crippen LogP contribution >= 0.6 is 0 Å². The smallest absolute Gasteiger partial charge is 0.122 e. The summed E-state index contributed by atoms with van der Waals surface area (Å²) in [5.41, 5.74) is 0. The zero-order valence-electron chi connectivity index (χ0n) is 9.89. The van der Waals surface area contributed by atoms with Crippen molar-refractivity contribution < 1.29 is 4.74 Å². The van der Waals surface area contributed by atoms with Crippen molar-refractivity contribution in [1.82, 2.24) is 14.5 Å². The van der Waals surface area contributed by atoms with Crippen LogP contribution in [0.3, 0.4) is 0 Å². The van der Waals surface area contributed by atoms with E-state index in [0.29, 0.717) is 13.0 Å². The van der Waals surface area contributed by atoms with Gasteiger partial charge in [0.25, 0.3) is 0 Å². The molecule has 0 aromatic carbocycles. The van der Waals surface area contributed by atoms with Crippen LogP contribution in [0.2, 0.25) is 0 Å². The average Bonchev–Trinajstić information content (AvgIpc) is 2.68. The summed E-state index contributed by atoms with van der Waals surface area (Å²) >= 11 is 0. The lowest BCUT2D eigenvalue weighted by Gasteiger charge is -2.20. The molecule has 1 aromatic rings. The highest BCUT2D eigenvalue weighted by Crippen LogP contribution is 2.02. The van der Waals surface area contributed by atoms with E-state index in [4.69, 9.17) is 10.00 Å². The van der Waals surface area contributed by atoms with Crippen molar-refractivity contribution in [2.45, 2.75) is 13.0 Å². The van der Waals surface area contributed by atoms with Gasteiger partial charge < -0.3 is 9.30 Å². The summed E-state index contributed by atoms with van der Waals surface area (Å²) in [6, 6.07) is 2.16. The number of aromatic nitrogens is 2. The summed E-state index contributed by atoms with van der Waals surface area (Å²) in [5, 5.41) is 8.59. The van der Waals surface area contributed by atoms with Crippen LogP contribution in [0.4, 0.5) is 0 Å². The van der Waals surface area contributed by atoms with Gasteiger partial charge >= 0.3 is 0 Å². The number of nitrogens with zero attached hydrogens (tertiary/aromatic N) is 4. The Kier molecular flexibility index (Phi) is 5.54. The molecule has 0 aliphatic rings. The highest BCUT2D eigenvalue weighted by atomic mass is 16.5. The molecule has 0 atom stereocenters. The summed E-state index contributed by atoms with van der Waals surface area (Å²) in [5.74, 6) is 1.01. The Morgan fingerprint density at radius 2 is 2.38 bits per heavy atom. The van der Waals surface area contributed by atoms with Crippen molar-refractivity contribution in [3.63, 3.8) is 0 Å². The fourth-order valence-electron chi connectivity index (χ4n) is 1.45. The highest BCUT2D eigenvalue weighted by molar-refractivity contribution is 4.91. The molecule has 0 saturated heterocycles. The highest BCUT2D eigenvalue weighted by Gasteiger charge is 2.08. The van der Waals surface area contributed by atoms with Gasteiger partial charge in [0.2, 0.25) is 0 Å². The Bertz CT molecular complexity index is 342. The molecule has 5 nitrogen and oxygen atoms in total. The van der Waals surface area contributed by atoms with E-state index in [2.05, 4.69) is 16.0 Å². The molecule has 1 heterocycles. The molecule has 0 amide bonds. The molecule has 16 heavy (non-hydrogen) atoms. The maximum absolute atomic E-state index is 8.59. The molecule has 0 radical (unpaired) electrons. The lowest BCUT2D eigenvalue weighted by atomic mass is 10.3. The van der Waals surface area contributed by atoms with Crippen molar-refractivity contribution >= 4 is 0 Å². The van der Waals surface area contributed by atoms with Crippen molar-refractivity contribution in [3.05, 3.63) is 18.2 Å².